The molecule has 0 amide bonds. The summed E-state index contributed by atoms with van der Waals surface area (Å²) in [5.41, 5.74) is 3.77. The van der Waals surface area contributed by atoms with E-state index in [0.717, 1.165) is 6.54 Å². The standard InChI is InChI=1S/C14H17N2.BrH/c1-12-8-9-16(11-14(12)15-2)10-13-6-4-3-5-7-13;/h3-9,11,15H,10H2,1-2H3;1H/q+1;/p-1. The predicted molar refractivity (Wildman–Crippen MR) is 66.5 cm³/mol. The van der Waals surface area contributed by atoms with E-state index in [1.54, 1.807) is 0 Å². The molecule has 0 saturated heterocycles. The van der Waals surface area contributed by atoms with Crippen molar-refractivity contribution >= 4 is 5.69 Å². The average molecular weight is 293 g/mol. The second kappa shape index (κ2) is 6.40. The number of halogens is 1. The summed E-state index contributed by atoms with van der Waals surface area (Å²) in [5.74, 6) is 0. The number of benzene rings is 1. The summed E-state index contributed by atoms with van der Waals surface area (Å²) in [6.45, 7) is 3.02. The van der Waals surface area contributed by atoms with Crippen LogP contribution in [0, 0.1) is 6.92 Å². The highest BCUT2D eigenvalue weighted by Crippen LogP contribution is 2.09. The summed E-state index contributed by atoms with van der Waals surface area (Å²) in [6.07, 6.45) is 4.26. The number of aryl methyl sites for hydroxylation is 1. The fraction of sp³-hybridized carbons (Fsp3) is 0.214. The van der Waals surface area contributed by atoms with Crippen LogP contribution in [-0.2, 0) is 6.54 Å². The molecule has 0 atom stereocenters. The van der Waals surface area contributed by atoms with Crippen LogP contribution in [0.1, 0.15) is 11.1 Å². The molecule has 0 fully saturated rings. The maximum absolute atomic E-state index is 3.20. The highest BCUT2D eigenvalue weighted by molar-refractivity contribution is 5.45. The molecule has 0 unspecified atom stereocenters. The molecule has 2 rings (SSSR count). The third kappa shape index (κ3) is 3.56. The summed E-state index contributed by atoms with van der Waals surface area (Å²) in [7, 11) is 1.95. The third-order valence-electron chi connectivity index (χ3n) is 2.71. The molecule has 90 valence electrons. The first-order valence-corrected chi connectivity index (χ1v) is 5.51. The molecule has 2 nitrogen and oxygen atoms in total. The zero-order valence-corrected chi connectivity index (χ0v) is 11.7. The molecule has 0 spiro atoms. The Balaban J connectivity index is 0.00000144. The van der Waals surface area contributed by atoms with Gasteiger partial charge in [-0.05, 0) is 12.5 Å². The van der Waals surface area contributed by atoms with Gasteiger partial charge in [0.2, 0.25) is 0 Å². The maximum Gasteiger partial charge on any atom is 0.192 e. The van der Waals surface area contributed by atoms with Gasteiger partial charge in [0.05, 0.1) is 0 Å². The summed E-state index contributed by atoms with van der Waals surface area (Å²) in [5, 5.41) is 3.20. The molecule has 0 radical (unpaired) electrons. The van der Waals surface area contributed by atoms with Crippen LogP contribution in [-0.4, -0.2) is 7.05 Å². The average Bonchev–Trinajstić information content (AvgIpc) is 2.33. The van der Waals surface area contributed by atoms with Gasteiger partial charge in [0.1, 0.15) is 5.69 Å². The maximum atomic E-state index is 3.20. The summed E-state index contributed by atoms with van der Waals surface area (Å²) < 4.78 is 2.19. The van der Waals surface area contributed by atoms with Crippen molar-refractivity contribution in [1.29, 1.82) is 0 Å². The van der Waals surface area contributed by atoms with Crippen molar-refractivity contribution in [2.45, 2.75) is 13.5 Å². The Kier molecular flexibility index (Phi) is 5.16. The van der Waals surface area contributed by atoms with Crippen LogP contribution < -0.4 is 26.9 Å². The molecule has 0 aliphatic heterocycles. The molecule has 17 heavy (non-hydrogen) atoms. The van der Waals surface area contributed by atoms with E-state index in [4.69, 9.17) is 0 Å². The second-order valence-corrected chi connectivity index (χ2v) is 3.95. The van der Waals surface area contributed by atoms with Crippen molar-refractivity contribution in [1.82, 2.24) is 0 Å². The predicted octanol–water partition coefficient (Wildman–Crippen LogP) is -0.623. The molecule has 1 aromatic carbocycles. The lowest BCUT2D eigenvalue weighted by atomic mass is 10.2. The second-order valence-electron chi connectivity index (χ2n) is 3.95. The van der Waals surface area contributed by atoms with Crippen LogP contribution in [0.4, 0.5) is 5.69 Å². The van der Waals surface area contributed by atoms with Gasteiger partial charge in [0.15, 0.2) is 18.9 Å². The molecule has 3 heteroatoms. The van der Waals surface area contributed by atoms with Gasteiger partial charge in [-0.2, -0.15) is 4.57 Å². The van der Waals surface area contributed by atoms with Gasteiger partial charge in [-0.3, -0.25) is 0 Å². The first-order chi connectivity index (χ1) is 7.79. The van der Waals surface area contributed by atoms with Crippen LogP contribution in [0.5, 0.6) is 0 Å². The number of nitrogens with zero attached hydrogens (tertiary/aromatic N) is 1. The number of anilines is 1. The monoisotopic (exact) mass is 292 g/mol. The Morgan fingerprint density at radius 3 is 2.47 bits per heavy atom. The zero-order chi connectivity index (χ0) is 11.4. The Morgan fingerprint density at radius 1 is 1.12 bits per heavy atom. The molecule has 1 aromatic heterocycles. The fourth-order valence-corrected chi connectivity index (χ4v) is 1.76. The van der Waals surface area contributed by atoms with Crippen LogP contribution in [0.3, 0.4) is 0 Å². The molecule has 0 bridgehead atoms. The minimum Gasteiger partial charge on any atom is -1.00 e. The van der Waals surface area contributed by atoms with E-state index in [-0.39, 0.29) is 17.0 Å². The normalized spacial score (nSPS) is 9.53. The molecule has 1 heterocycles. The highest BCUT2D eigenvalue weighted by Gasteiger charge is 2.05. The quantitative estimate of drug-likeness (QED) is 0.746. The molecule has 0 aliphatic rings. The number of aromatic nitrogens is 1. The molecule has 2 aromatic rings. The minimum atomic E-state index is 0. The van der Waals surface area contributed by atoms with E-state index >= 15 is 0 Å². The van der Waals surface area contributed by atoms with Crippen LogP contribution in [0.15, 0.2) is 48.8 Å². The fourth-order valence-electron chi connectivity index (χ4n) is 1.76. The number of rotatable bonds is 3. The summed E-state index contributed by atoms with van der Waals surface area (Å²) >= 11 is 0. The zero-order valence-electron chi connectivity index (χ0n) is 10.2. The van der Waals surface area contributed by atoms with Gasteiger partial charge in [-0.1, -0.05) is 30.3 Å². The number of hydrogen-bond donors (Lipinski definition) is 1. The van der Waals surface area contributed by atoms with Crippen molar-refractivity contribution in [2.75, 3.05) is 12.4 Å². The Bertz CT molecular complexity index is 469. The van der Waals surface area contributed by atoms with Crippen LogP contribution in [0.2, 0.25) is 0 Å². The van der Waals surface area contributed by atoms with Crippen molar-refractivity contribution in [2.24, 2.45) is 0 Å². The van der Waals surface area contributed by atoms with Gasteiger partial charge < -0.3 is 22.3 Å². The van der Waals surface area contributed by atoms with E-state index in [2.05, 4.69) is 59.5 Å². The Hall–Kier alpha value is -1.35. The van der Waals surface area contributed by atoms with Gasteiger partial charge in [-0.25, -0.2) is 0 Å². The summed E-state index contributed by atoms with van der Waals surface area (Å²) in [6, 6.07) is 12.6. The van der Waals surface area contributed by atoms with E-state index in [1.165, 1.54) is 16.8 Å². The van der Waals surface area contributed by atoms with Crippen molar-refractivity contribution < 1.29 is 21.5 Å². The lowest BCUT2D eigenvalue weighted by Crippen LogP contribution is -3.00. The lowest BCUT2D eigenvalue weighted by molar-refractivity contribution is -0.687. The number of hydrogen-bond acceptors (Lipinski definition) is 1. The van der Waals surface area contributed by atoms with Gasteiger partial charge in [-0.15, -0.1) is 0 Å². The van der Waals surface area contributed by atoms with Gasteiger partial charge >= 0.3 is 0 Å². The first-order valence-electron chi connectivity index (χ1n) is 5.51. The molecular weight excluding hydrogens is 276 g/mol. The van der Waals surface area contributed by atoms with Crippen molar-refractivity contribution in [3.63, 3.8) is 0 Å². The number of pyridine rings is 1. The first kappa shape index (κ1) is 13.7. The smallest absolute Gasteiger partial charge is 0.192 e. The largest absolute Gasteiger partial charge is 1.00 e. The van der Waals surface area contributed by atoms with Crippen LogP contribution >= 0.6 is 0 Å². The van der Waals surface area contributed by atoms with E-state index in [0.29, 0.717) is 0 Å². The minimum absolute atomic E-state index is 0. The van der Waals surface area contributed by atoms with Gasteiger partial charge in [0, 0.05) is 18.7 Å². The molecule has 0 saturated carbocycles. The van der Waals surface area contributed by atoms with Crippen LogP contribution in [0.25, 0.3) is 0 Å². The topological polar surface area (TPSA) is 15.9 Å². The van der Waals surface area contributed by atoms with E-state index in [1.807, 2.05) is 13.1 Å². The number of nitrogens with one attached hydrogen (secondary N) is 1. The molecule has 1 N–H and O–H groups in total. The molecular formula is C14H17BrN2. The SMILES string of the molecule is CNc1c[n+](Cc2ccccc2)ccc1C.[Br-]. The molecule has 0 aliphatic carbocycles. The van der Waals surface area contributed by atoms with Crippen molar-refractivity contribution in [3.8, 4) is 0 Å². The summed E-state index contributed by atoms with van der Waals surface area (Å²) in [4.78, 5) is 0. The highest BCUT2D eigenvalue weighted by atomic mass is 79.9. The van der Waals surface area contributed by atoms with Gasteiger partial charge in [0.25, 0.3) is 0 Å². The van der Waals surface area contributed by atoms with E-state index < -0.39 is 0 Å². The Labute approximate surface area is 113 Å². The Morgan fingerprint density at radius 2 is 1.82 bits per heavy atom. The van der Waals surface area contributed by atoms with E-state index in [9.17, 15) is 0 Å². The van der Waals surface area contributed by atoms with Crippen molar-refractivity contribution in [3.05, 3.63) is 59.9 Å². The lowest BCUT2D eigenvalue weighted by Gasteiger charge is -2.03. The third-order valence-corrected chi connectivity index (χ3v) is 2.71.